The summed E-state index contributed by atoms with van der Waals surface area (Å²) in [4.78, 5) is 29.1. The molecule has 0 saturated carbocycles. The second kappa shape index (κ2) is 8.08. The van der Waals surface area contributed by atoms with E-state index >= 15 is 0 Å². The lowest BCUT2D eigenvalue weighted by molar-refractivity contribution is 0.0519. The number of rotatable bonds is 5. The summed E-state index contributed by atoms with van der Waals surface area (Å²) in [7, 11) is 0. The van der Waals surface area contributed by atoms with Gasteiger partial charge in [-0.05, 0) is 48.4 Å². The van der Waals surface area contributed by atoms with Gasteiger partial charge in [-0.25, -0.2) is 4.79 Å². The standard InChI is InChI=1S/C25H25NO3/c1-3-29-25(28)24-20(13-18-12-8-7-9-16(18)2)23-21(26-24)14-19(15-22(23)27)17-10-5-4-6-11-17/h4-12,19,26H,3,13-15H2,1-2H3/t19-/m1/s1. The molecule has 0 bridgehead atoms. The summed E-state index contributed by atoms with van der Waals surface area (Å²) in [5.41, 5.74) is 6.12. The highest BCUT2D eigenvalue weighted by molar-refractivity contribution is 6.04. The zero-order valence-corrected chi connectivity index (χ0v) is 16.8. The number of benzene rings is 2. The summed E-state index contributed by atoms with van der Waals surface area (Å²) in [6.45, 7) is 4.14. The number of aromatic amines is 1. The van der Waals surface area contributed by atoms with E-state index in [-0.39, 0.29) is 11.7 Å². The van der Waals surface area contributed by atoms with Crippen LogP contribution in [-0.2, 0) is 17.6 Å². The molecule has 1 heterocycles. The summed E-state index contributed by atoms with van der Waals surface area (Å²) in [5.74, 6) is -0.179. The minimum atomic E-state index is -0.394. The SMILES string of the molecule is CCOC(=O)c1[nH]c2c(c1Cc1ccccc1C)C(=O)C[C@H](c1ccccc1)C2. The second-order valence-electron chi connectivity index (χ2n) is 7.59. The Kier molecular flexibility index (Phi) is 5.34. The number of carbonyl (C=O) groups excluding carboxylic acids is 2. The molecular weight excluding hydrogens is 362 g/mol. The Labute approximate surface area is 170 Å². The topological polar surface area (TPSA) is 59.2 Å². The van der Waals surface area contributed by atoms with Gasteiger partial charge in [0.15, 0.2) is 5.78 Å². The Bertz CT molecular complexity index is 1050. The fraction of sp³-hybridized carbons (Fsp3) is 0.280. The van der Waals surface area contributed by atoms with Crippen LogP contribution in [0, 0.1) is 6.92 Å². The first kappa shape index (κ1) is 19.2. The molecule has 0 aliphatic heterocycles. The maximum absolute atomic E-state index is 13.2. The lowest BCUT2D eigenvalue weighted by Gasteiger charge is -2.22. The molecule has 1 N–H and O–H groups in total. The van der Waals surface area contributed by atoms with Gasteiger partial charge in [0.25, 0.3) is 0 Å². The predicted octanol–water partition coefficient (Wildman–Crippen LogP) is 5.00. The van der Waals surface area contributed by atoms with Crippen molar-refractivity contribution < 1.29 is 14.3 Å². The fourth-order valence-electron chi connectivity index (χ4n) is 4.24. The first-order valence-electron chi connectivity index (χ1n) is 10.1. The largest absolute Gasteiger partial charge is 0.461 e. The van der Waals surface area contributed by atoms with Crippen LogP contribution in [0.25, 0.3) is 0 Å². The molecular formula is C25H25NO3. The molecule has 4 nitrogen and oxygen atoms in total. The Balaban J connectivity index is 1.77. The molecule has 0 fully saturated rings. The number of aryl methyl sites for hydroxylation is 1. The summed E-state index contributed by atoms with van der Waals surface area (Å²) in [5, 5.41) is 0. The summed E-state index contributed by atoms with van der Waals surface area (Å²) >= 11 is 0. The van der Waals surface area contributed by atoms with E-state index in [0.717, 1.165) is 27.9 Å². The van der Waals surface area contributed by atoms with Crippen molar-refractivity contribution in [3.63, 3.8) is 0 Å². The maximum atomic E-state index is 13.2. The van der Waals surface area contributed by atoms with Gasteiger partial charge in [-0.2, -0.15) is 0 Å². The molecule has 0 saturated heterocycles. The normalized spacial score (nSPS) is 15.8. The lowest BCUT2D eigenvalue weighted by atomic mass is 9.80. The van der Waals surface area contributed by atoms with E-state index in [1.165, 1.54) is 0 Å². The van der Waals surface area contributed by atoms with Crippen LogP contribution in [0.3, 0.4) is 0 Å². The fourth-order valence-corrected chi connectivity index (χ4v) is 4.24. The molecule has 1 aliphatic carbocycles. The highest BCUT2D eigenvalue weighted by atomic mass is 16.5. The van der Waals surface area contributed by atoms with Gasteiger partial charge in [0.1, 0.15) is 5.69 Å². The first-order valence-corrected chi connectivity index (χ1v) is 10.1. The number of aromatic nitrogens is 1. The summed E-state index contributed by atoms with van der Waals surface area (Å²) in [6.07, 6.45) is 1.71. The monoisotopic (exact) mass is 387 g/mol. The second-order valence-corrected chi connectivity index (χ2v) is 7.59. The molecule has 1 aromatic heterocycles. The van der Waals surface area contributed by atoms with Gasteiger partial charge < -0.3 is 9.72 Å². The third-order valence-electron chi connectivity index (χ3n) is 5.72. The smallest absolute Gasteiger partial charge is 0.355 e. The van der Waals surface area contributed by atoms with Gasteiger partial charge in [-0.15, -0.1) is 0 Å². The van der Waals surface area contributed by atoms with Crippen LogP contribution in [0.15, 0.2) is 54.6 Å². The van der Waals surface area contributed by atoms with E-state index in [4.69, 9.17) is 4.74 Å². The number of H-pyrrole nitrogens is 1. The molecule has 0 unspecified atom stereocenters. The van der Waals surface area contributed by atoms with E-state index in [1.54, 1.807) is 6.92 Å². The van der Waals surface area contributed by atoms with Crippen molar-refractivity contribution in [1.82, 2.24) is 4.98 Å². The molecule has 4 rings (SSSR count). The van der Waals surface area contributed by atoms with Crippen LogP contribution in [0.5, 0.6) is 0 Å². The zero-order valence-electron chi connectivity index (χ0n) is 16.8. The number of Topliss-reactive ketones (excluding diaryl/α,β-unsaturated/α-hetero) is 1. The van der Waals surface area contributed by atoms with Crippen molar-refractivity contribution in [2.45, 2.75) is 39.0 Å². The zero-order chi connectivity index (χ0) is 20.4. The third kappa shape index (κ3) is 3.75. The quantitative estimate of drug-likeness (QED) is 0.627. The first-order chi connectivity index (χ1) is 14.1. The van der Waals surface area contributed by atoms with Crippen molar-refractivity contribution in [3.05, 3.63) is 93.8 Å². The van der Waals surface area contributed by atoms with Crippen molar-refractivity contribution in [2.24, 2.45) is 0 Å². The average Bonchev–Trinajstić information content (AvgIpc) is 3.09. The van der Waals surface area contributed by atoms with Crippen LogP contribution in [-0.4, -0.2) is 23.3 Å². The van der Waals surface area contributed by atoms with Gasteiger partial charge in [-0.3, -0.25) is 4.79 Å². The van der Waals surface area contributed by atoms with E-state index in [1.807, 2.05) is 49.4 Å². The minimum absolute atomic E-state index is 0.0930. The maximum Gasteiger partial charge on any atom is 0.355 e. The summed E-state index contributed by atoms with van der Waals surface area (Å²) < 4.78 is 5.28. The number of hydrogen-bond donors (Lipinski definition) is 1. The average molecular weight is 387 g/mol. The van der Waals surface area contributed by atoms with Crippen molar-refractivity contribution in [2.75, 3.05) is 6.61 Å². The third-order valence-corrected chi connectivity index (χ3v) is 5.72. The Morgan fingerprint density at radius 2 is 1.79 bits per heavy atom. The number of esters is 1. The highest BCUT2D eigenvalue weighted by Crippen LogP contribution is 2.36. The van der Waals surface area contributed by atoms with Crippen molar-refractivity contribution >= 4 is 11.8 Å². The molecule has 148 valence electrons. The van der Waals surface area contributed by atoms with E-state index in [9.17, 15) is 9.59 Å². The Hall–Kier alpha value is -3.14. The van der Waals surface area contributed by atoms with Crippen molar-refractivity contribution in [1.29, 1.82) is 0 Å². The van der Waals surface area contributed by atoms with E-state index in [0.29, 0.717) is 37.1 Å². The van der Waals surface area contributed by atoms with Crippen LogP contribution in [0.4, 0.5) is 0 Å². The van der Waals surface area contributed by atoms with Crippen molar-refractivity contribution in [3.8, 4) is 0 Å². The van der Waals surface area contributed by atoms with Crippen LogP contribution in [0.2, 0.25) is 0 Å². The molecule has 0 radical (unpaired) electrons. The minimum Gasteiger partial charge on any atom is -0.461 e. The molecule has 3 aromatic rings. The predicted molar refractivity (Wildman–Crippen MR) is 113 cm³/mol. The van der Waals surface area contributed by atoms with E-state index < -0.39 is 5.97 Å². The Morgan fingerprint density at radius 1 is 1.07 bits per heavy atom. The highest BCUT2D eigenvalue weighted by Gasteiger charge is 2.33. The molecule has 1 aliphatic rings. The van der Waals surface area contributed by atoms with Gasteiger partial charge in [-0.1, -0.05) is 54.6 Å². The number of carbonyl (C=O) groups is 2. The van der Waals surface area contributed by atoms with Crippen LogP contribution < -0.4 is 0 Å². The van der Waals surface area contributed by atoms with Crippen LogP contribution >= 0.6 is 0 Å². The molecule has 4 heteroatoms. The number of ketones is 1. The van der Waals surface area contributed by atoms with Gasteiger partial charge in [0.05, 0.1) is 6.61 Å². The lowest BCUT2D eigenvalue weighted by Crippen LogP contribution is -2.19. The molecule has 2 aromatic carbocycles. The molecule has 0 amide bonds. The van der Waals surface area contributed by atoms with Gasteiger partial charge >= 0.3 is 5.97 Å². The molecule has 29 heavy (non-hydrogen) atoms. The number of ether oxygens (including phenoxy) is 1. The summed E-state index contributed by atoms with van der Waals surface area (Å²) in [6, 6.07) is 18.2. The number of nitrogens with one attached hydrogen (secondary N) is 1. The Morgan fingerprint density at radius 3 is 2.52 bits per heavy atom. The molecule has 1 atom stereocenters. The number of fused-ring (bicyclic) bond motifs is 1. The van der Waals surface area contributed by atoms with Gasteiger partial charge in [0, 0.05) is 24.1 Å². The van der Waals surface area contributed by atoms with Crippen LogP contribution in [0.1, 0.15) is 68.1 Å². The van der Waals surface area contributed by atoms with Gasteiger partial charge in [0.2, 0.25) is 0 Å². The molecule has 0 spiro atoms. The number of hydrogen-bond acceptors (Lipinski definition) is 3. The van der Waals surface area contributed by atoms with E-state index in [2.05, 4.69) is 17.1 Å².